The molecule has 1 fully saturated rings. The Labute approximate surface area is 166 Å². The average Bonchev–Trinajstić information content (AvgIpc) is 3.37. The maximum absolute atomic E-state index is 13.5. The van der Waals surface area contributed by atoms with Gasteiger partial charge >= 0.3 is 6.18 Å². The smallest absolute Gasteiger partial charge is 0.368 e. The number of rotatable bonds is 3. The van der Waals surface area contributed by atoms with Crippen molar-refractivity contribution in [3.63, 3.8) is 0 Å². The van der Waals surface area contributed by atoms with Crippen LogP contribution in [0.5, 0.6) is 0 Å². The summed E-state index contributed by atoms with van der Waals surface area (Å²) in [5.74, 6) is 0.260. The summed E-state index contributed by atoms with van der Waals surface area (Å²) in [4.78, 5) is 14.9. The predicted molar refractivity (Wildman–Crippen MR) is 100 cm³/mol. The third-order valence-electron chi connectivity index (χ3n) is 5.87. The van der Waals surface area contributed by atoms with Gasteiger partial charge in [-0.3, -0.25) is 9.48 Å². The lowest BCUT2D eigenvalue weighted by atomic mass is 10.1. The van der Waals surface area contributed by atoms with Crippen LogP contribution in [0.3, 0.4) is 0 Å². The number of alkyl halides is 3. The van der Waals surface area contributed by atoms with Crippen LogP contribution in [0.25, 0.3) is 0 Å². The maximum Gasteiger partial charge on any atom is 0.410 e. The fraction of sp³-hybridized carbons (Fsp3) is 0.632. The van der Waals surface area contributed by atoms with Crippen LogP contribution in [0.1, 0.15) is 62.6 Å². The van der Waals surface area contributed by atoms with Crippen molar-refractivity contribution in [3.05, 3.63) is 29.7 Å². The van der Waals surface area contributed by atoms with Gasteiger partial charge in [0.2, 0.25) is 5.91 Å². The van der Waals surface area contributed by atoms with Crippen molar-refractivity contribution in [2.24, 2.45) is 0 Å². The first kappa shape index (κ1) is 19.8. The molecule has 1 amide bonds. The fourth-order valence-corrected chi connectivity index (χ4v) is 4.41. The quantitative estimate of drug-likeness (QED) is 0.839. The second kappa shape index (κ2) is 7.07. The Balaban J connectivity index is 1.62. The molecule has 0 saturated carbocycles. The summed E-state index contributed by atoms with van der Waals surface area (Å²) in [5.41, 5.74) is 1.39. The van der Waals surface area contributed by atoms with Gasteiger partial charge in [-0.2, -0.15) is 23.4 Å². The van der Waals surface area contributed by atoms with Crippen LogP contribution < -0.4 is 5.32 Å². The summed E-state index contributed by atoms with van der Waals surface area (Å²) in [7, 11) is 0. The first-order valence-electron chi connectivity index (χ1n) is 9.90. The van der Waals surface area contributed by atoms with Gasteiger partial charge in [-0.15, -0.1) is 0 Å². The molecular weight excluding hydrogens is 385 g/mol. The molecular formula is C19H25F3N6O. The number of nitrogens with one attached hydrogen (secondary N) is 1. The number of likely N-dealkylation sites (tertiary alicyclic amines) is 1. The van der Waals surface area contributed by atoms with Gasteiger partial charge < -0.3 is 10.2 Å². The molecule has 0 aromatic carbocycles. The zero-order valence-corrected chi connectivity index (χ0v) is 16.6. The molecule has 1 saturated heterocycles. The van der Waals surface area contributed by atoms with Gasteiger partial charge in [-0.25, -0.2) is 4.68 Å². The SMILES string of the molecule is Cc1ccnn1C(C)C(=O)N1CCCC1c1cc2n(n1)[C@@H](C(F)(F)F)C[C@@H](C)N2. The highest BCUT2D eigenvalue weighted by Gasteiger charge is 2.46. The molecule has 2 aliphatic rings. The molecule has 2 aromatic rings. The Morgan fingerprint density at radius 2 is 2.14 bits per heavy atom. The molecule has 2 aliphatic heterocycles. The molecule has 4 rings (SSSR count). The van der Waals surface area contributed by atoms with Crippen LogP contribution in [0.2, 0.25) is 0 Å². The summed E-state index contributed by atoms with van der Waals surface area (Å²) in [5, 5.41) is 11.6. The van der Waals surface area contributed by atoms with E-state index < -0.39 is 18.3 Å². The Morgan fingerprint density at radius 3 is 2.79 bits per heavy atom. The fourth-order valence-electron chi connectivity index (χ4n) is 4.41. The normalized spacial score (nSPS) is 25.6. The molecule has 1 N–H and O–H groups in total. The highest BCUT2D eigenvalue weighted by atomic mass is 19.4. The van der Waals surface area contributed by atoms with Gasteiger partial charge in [0.15, 0.2) is 6.04 Å². The molecule has 0 bridgehead atoms. The third kappa shape index (κ3) is 3.49. The van der Waals surface area contributed by atoms with E-state index in [0.29, 0.717) is 24.5 Å². The number of aromatic nitrogens is 4. The van der Waals surface area contributed by atoms with Crippen LogP contribution in [-0.4, -0.2) is 49.1 Å². The molecule has 158 valence electrons. The van der Waals surface area contributed by atoms with Crippen molar-refractivity contribution in [1.82, 2.24) is 24.5 Å². The number of carbonyl (C=O) groups is 1. The molecule has 4 heterocycles. The summed E-state index contributed by atoms with van der Waals surface area (Å²) >= 11 is 0. The van der Waals surface area contributed by atoms with Crippen molar-refractivity contribution < 1.29 is 18.0 Å². The van der Waals surface area contributed by atoms with Crippen molar-refractivity contribution in [3.8, 4) is 0 Å². The van der Waals surface area contributed by atoms with Crippen molar-refractivity contribution >= 4 is 11.7 Å². The van der Waals surface area contributed by atoms with Crippen molar-refractivity contribution in [1.29, 1.82) is 0 Å². The van der Waals surface area contributed by atoms with Crippen LogP contribution in [0.15, 0.2) is 18.3 Å². The molecule has 0 radical (unpaired) electrons. The van der Waals surface area contributed by atoms with Crippen molar-refractivity contribution in [2.75, 3.05) is 11.9 Å². The minimum Gasteiger partial charge on any atom is -0.368 e. The highest BCUT2D eigenvalue weighted by molar-refractivity contribution is 5.80. The first-order valence-corrected chi connectivity index (χ1v) is 9.90. The number of hydrogen-bond donors (Lipinski definition) is 1. The molecule has 4 atom stereocenters. The number of aryl methyl sites for hydroxylation is 1. The van der Waals surface area contributed by atoms with E-state index >= 15 is 0 Å². The lowest BCUT2D eigenvalue weighted by Crippen LogP contribution is -2.38. The van der Waals surface area contributed by atoms with E-state index in [4.69, 9.17) is 0 Å². The number of hydrogen-bond acceptors (Lipinski definition) is 4. The molecule has 29 heavy (non-hydrogen) atoms. The lowest BCUT2D eigenvalue weighted by Gasteiger charge is -2.31. The first-order chi connectivity index (χ1) is 13.7. The van der Waals surface area contributed by atoms with Gasteiger partial charge in [0.1, 0.15) is 11.9 Å². The Morgan fingerprint density at radius 1 is 1.38 bits per heavy atom. The molecule has 0 aliphatic carbocycles. The zero-order chi connectivity index (χ0) is 20.9. The number of amides is 1. The number of fused-ring (bicyclic) bond motifs is 1. The van der Waals surface area contributed by atoms with E-state index in [2.05, 4.69) is 15.5 Å². The number of anilines is 1. The molecule has 0 spiro atoms. The summed E-state index contributed by atoms with van der Waals surface area (Å²) in [6.07, 6.45) is -1.32. The van der Waals surface area contributed by atoms with Gasteiger partial charge in [0.05, 0.1) is 11.7 Å². The average molecular weight is 410 g/mol. The number of nitrogens with zero attached hydrogens (tertiary/aromatic N) is 5. The Kier molecular flexibility index (Phi) is 4.82. The van der Waals surface area contributed by atoms with Crippen molar-refractivity contribution in [2.45, 2.75) is 70.4 Å². The van der Waals surface area contributed by atoms with Gasteiger partial charge in [-0.1, -0.05) is 0 Å². The topological polar surface area (TPSA) is 68.0 Å². The summed E-state index contributed by atoms with van der Waals surface area (Å²) in [6, 6.07) is 0.725. The Hall–Kier alpha value is -2.52. The summed E-state index contributed by atoms with van der Waals surface area (Å²) < 4.78 is 43.3. The standard InChI is InChI=1S/C19H25F3N6O/c1-11-9-16(19(20,21)22)28-17(24-11)10-14(25-28)15-5-4-8-26(15)18(29)13(3)27-12(2)6-7-23-27/h6-7,10-11,13,15-16,24H,4-5,8-9H2,1-3H3/t11-,13?,15?,16-/m1/s1. The molecule has 2 unspecified atom stereocenters. The monoisotopic (exact) mass is 410 g/mol. The highest BCUT2D eigenvalue weighted by Crippen LogP contribution is 2.41. The van der Waals surface area contributed by atoms with E-state index in [1.54, 1.807) is 35.7 Å². The second-order valence-corrected chi connectivity index (χ2v) is 8.02. The van der Waals surface area contributed by atoms with E-state index in [0.717, 1.165) is 16.8 Å². The maximum atomic E-state index is 13.5. The minimum atomic E-state index is -4.37. The van der Waals surface area contributed by atoms with E-state index in [1.165, 1.54) is 0 Å². The summed E-state index contributed by atoms with van der Waals surface area (Å²) in [6.45, 7) is 5.96. The lowest BCUT2D eigenvalue weighted by molar-refractivity contribution is -0.173. The van der Waals surface area contributed by atoms with Crippen LogP contribution in [0.4, 0.5) is 19.0 Å². The van der Waals surface area contributed by atoms with E-state index in [1.807, 2.05) is 13.0 Å². The molecule has 7 nitrogen and oxygen atoms in total. The van der Waals surface area contributed by atoms with Gasteiger partial charge in [0, 0.05) is 30.5 Å². The number of halogens is 3. The van der Waals surface area contributed by atoms with Gasteiger partial charge in [0.25, 0.3) is 0 Å². The zero-order valence-electron chi connectivity index (χ0n) is 16.6. The molecule has 2 aromatic heterocycles. The predicted octanol–water partition coefficient (Wildman–Crippen LogP) is 3.62. The van der Waals surface area contributed by atoms with Gasteiger partial charge in [-0.05, 0) is 46.1 Å². The van der Waals surface area contributed by atoms with Crippen LogP contribution in [-0.2, 0) is 4.79 Å². The van der Waals surface area contributed by atoms with Crippen LogP contribution >= 0.6 is 0 Å². The third-order valence-corrected chi connectivity index (χ3v) is 5.87. The number of carbonyl (C=O) groups excluding carboxylic acids is 1. The van der Waals surface area contributed by atoms with Crippen LogP contribution in [0, 0.1) is 6.92 Å². The van der Waals surface area contributed by atoms with E-state index in [-0.39, 0.29) is 24.4 Å². The Bertz CT molecular complexity index is 904. The second-order valence-electron chi connectivity index (χ2n) is 8.02. The van der Waals surface area contributed by atoms with E-state index in [9.17, 15) is 18.0 Å². The molecule has 10 heteroatoms. The largest absolute Gasteiger partial charge is 0.410 e. The minimum absolute atomic E-state index is 0.0689.